The molecular weight excluding hydrogens is 563 g/mol. The predicted molar refractivity (Wildman–Crippen MR) is 160 cm³/mol. The van der Waals surface area contributed by atoms with Gasteiger partial charge in [-0.3, -0.25) is 0 Å². The fraction of sp³-hybridized carbons (Fsp3) is 0.143. The van der Waals surface area contributed by atoms with E-state index in [4.69, 9.17) is 29.1 Å². The molecule has 0 fully saturated rings. The summed E-state index contributed by atoms with van der Waals surface area (Å²) in [4.78, 5) is 13.0. The van der Waals surface area contributed by atoms with Crippen LogP contribution in [0.5, 0.6) is 23.0 Å². The lowest BCUT2D eigenvalue weighted by molar-refractivity contribution is 0.0702. The minimum absolute atomic E-state index is 0.0115. The van der Waals surface area contributed by atoms with Crippen LogP contribution in [-0.2, 0) is 6.61 Å². The van der Waals surface area contributed by atoms with Crippen LogP contribution in [0.1, 0.15) is 45.7 Å². The fourth-order valence-electron chi connectivity index (χ4n) is 5.23. The predicted octanol–water partition coefficient (Wildman–Crippen LogP) is 7.30. The summed E-state index contributed by atoms with van der Waals surface area (Å²) in [5.41, 5.74) is 9.43. The summed E-state index contributed by atoms with van der Waals surface area (Å²) in [6, 6.07) is 26.1. The number of fused-ring (bicyclic) bond motifs is 2. The highest BCUT2D eigenvalue weighted by molar-refractivity contribution is 5.96. The molecule has 8 nitrogen and oxygen atoms in total. The first kappa shape index (κ1) is 28.4. The van der Waals surface area contributed by atoms with E-state index >= 15 is 0 Å². The maximum absolute atomic E-state index is 14.2. The molecule has 6 rings (SSSR count). The van der Waals surface area contributed by atoms with E-state index in [-0.39, 0.29) is 35.4 Å². The molecule has 1 aliphatic heterocycles. The Balaban J connectivity index is 1.30. The smallest absolute Gasteiger partial charge is 0.379 e. The first-order valence-corrected chi connectivity index (χ1v) is 13.9. The number of hydrogen-bond donors (Lipinski definition) is 1. The number of rotatable bonds is 8. The van der Waals surface area contributed by atoms with Gasteiger partial charge < -0.3 is 29.1 Å². The van der Waals surface area contributed by atoms with Gasteiger partial charge >= 0.3 is 5.97 Å². The first-order chi connectivity index (χ1) is 21.4. The quantitative estimate of drug-likeness (QED) is 0.148. The maximum Gasteiger partial charge on any atom is 0.379 e. The van der Waals surface area contributed by atoms with E-state index in [0.717, 1.165) is 5.39 Å². The van der Waals surface area contributed by atoms with E-state index in [1.165, 1.54) is 6.07 Å². The Kier molecular flexibility index (Phi) is 7.65. The molecule has 0 radical (unpaired) electrons. The van der Waals surface area contributed by atoms with Crippen LogP contribution in [0.4, 0.5) is 4.39 Å². The molecule has 1 aliphatic rings. The molecular formula is C35H27FN2O6. The highest BCUT2D eigenvalue weighted by Gasteiger charge is 2.32. The number of aryl methyl sites for hydroxylation is 1. The number of halogens is 1. The number of furan rings is 1. The maximum atomic E-state index is 14.2. The molecule has 1 aromatic heterocycles. The third kappa shape index (κ3) is 5.29. The summed E-state index contributed by atoms with van der Waals surface area (Å²) in [7, 11) is 0. The van der Waals surface area contributed by atoms with Crippen molar-refractivity contribution in [2.45, 2.75) is 26.4 Å². The van der Waals surface area contributed by atoms with Crippen LogP contribution >= 0.6 is 0 Å². The average Bonchev–Trinajstić information content (AvgIpc) is 3.37. The van der Waals surface area contributed by atoms with Gasteiger partial charge in [-0.1, -0.05) is 48.5 Å². The monoisotopic (exact) mass is 590 g/mol. The van der Waals surface area contributed by atoms with Crippen LogP contribution in [0.2, 0.25) is 0 Å². The number of hydrogen-bond acceptors (Lipinski definition) is 8. The molecule has 0 saturated carbocycles. The molecule has 0 amide bonds. The van der Waals surface area contributed by atoms with E-state index in [0.29, 0.717) is 51.7 Å². The lowest BCUT2D eigenvalue weighted by Gasteiger charge is -2.27. The lowest BCUT2D eigenvalue weighted by atomic mass is 9.83. The number of nitrogens with zero attached hydrogens (tertiary/aromatic N) is 1. The van der Waals surface area contributed by atoms with Crippen molar-refractivity contribution < 1.29 is 32.5 Å². The van der Waals surface area contributed by atoms with Crippen molar-refractivity contribution in [2.75, 3.05) is 6.61 Å². The van der Waals surface area contributed by atoms with Crippen molar-refractivity contribution in [3.05, 3.63) is 130 Å². The second-order valence-electron chi connectivity index (χ2n) is 10.1. The average molecular weight is 591 g/mol. The van der Waals surface area contributed by atoms with Gasteiger partial charge in [-0.15, -0.1) is 0 Å². The number of carbonyl (C=O) groups excluding carboxylic acids is 1. The van der Waals surface area contributed by atoms with Crippen molar-refractivity contribution in [2.24, 2.45) is 5.73 Å². The van der Waals surface area contributed by atoms with E-state index in [2.05, 4.69) is 6.07 Å². The molecule has 2 N–H and O–H groups in total. The third-order valence-corrected chi connectivity index (χ3v) is 7.37. The molecule has 0 saturated heterocycles. The summed E-state index contributed by atoms with van der Waals surface area (Å²) >= 11 is 0. The van der Waals surface area contributed by atoms with Gasteiger partial charge in [0.2, 0.25) is 11.6 Å². The first-order valence-electron chi connectivity index (χ1n) is 13.9. The Labute approximate surface area is 252 Å². The normalized spacial score (nSPS) is 14.0. The molecule has 0 spiro atoms. The summed E-state index contributed by atoms with van der Waals surface area (Å²) in [5, 5.41) is 10.9. The highest BCUT2D eigenvalue weighted by Crippen LogP contribution is 2.45. The standard InChI is InChI=1S/C35H27FN2O6/c1-3-40-31-16-21(12-15-29(31)41-19-22-8-4-6-10-27(22)36)32-25-14-13-23(17-30(25)44-34(38)26(32)18-37)42-35(39)33-20(2)24-9-5-7-11-28(24)43-33/h4-17,32H,3,19,38H2,1-2H3. The zero-order valence-electron chi connectivity index (χ0n) is 23.9. The SMILES string of the molecule is CCOc1cc(C2C(C#N)=C(N)Oc3cc(OC(=O)c4oc5ccccc5c4C)ccc32)ccc1OCc1ccccc1F. The van der Waals surface area contributed by atoms with Crippen LogP contribution in [0, 0.1) is 24.1 Å². The summed E-state index contributed by atoms with van der Waals surface area (Å²) in [5.74, 6) is -0.192. The number of ether oxygens (including phenoxy) is 4. The van der Waals surface area contributed by atoms with Gasteiger partial charge in [0.1, 0.15) is 41.1 Å². The molecule has 9 heteroatoms. The minimum Gasteiger partial charge on any atom is -0.490 e. The Hall–Kier alpha value is -5.75. The third-order valence-electron chi connectivity index (χ3n) is 7.37. The van der Waals surface area contributed by atoms with Gasteiger partial charge in [0.15, 0.2) is 11.5 Å². The molecule has 220 valence electrons. The van der Waals surface area contributed by atoms with Crippen LogP contribution in [0.25, 0.3) is 11.0 Å². The molecule has 2 heterocycles. The molecule has 4 aromatic carbocycles. The summed E-state index contributed by atoms with van der Waals surface area (Å²) < 4.78 is 43.1. The largest absolute Gasteiger partial charge is 0.490 e. The topological polar surface area (TPSA) is 117 Å². The van der Waals surface area contributed by atoms with Crippen molar-refractivity contribution in [3.8, 4) is 29.1 Å². The van der Waals surface area contributed by atoms with Crippen molar-refractivity contribution in [1.29, 1.82) is 5.26 Å². The zero-order chi connectivity index (χ0) is 30.8. The Morgan fingerprint density at radius 2 is 1.80 bits per heavy atom. The van der Waals surface area contributed by atoms with Crippen LogP contribution in [-0.4, -0.2) is 12.6 Å². The number of nitriles is 1. The fourth-order valence-corrected chi connectivity index (χ4v) is 5.23. The number of para-hydroxylation sites is 1. The number of nitrogens with two attached hydrogens (primary N) is 1. The molecule has 0 bridgehead atoms. The number of benzene rings is 4. The van der Waals surface area contributed by atoms with Gasteiger partial charge in [0.25, 0.3) is 0 Å². The molecule has 1 atom stereocenters. The van der Waals surface area contributed by atoms with E-state index in [1.54, 1.807) is 67.6 Å². The zero-order valence-corrected chi connectivity index (χ0v) is 23.9. The molecule has 5 aromatic rings. The van der Waals surface area contributed by atoms with Crippen LogP contribution < -0.4 is 24.7 Å². The second kappa shape index (κ2) is 11.9. The van der Waals surface area contributed by atoms with Gasteiger partial charge in [-0.2, -0.15) is 5.26 Å². The molecule has 1 unspecified atom stereocenters. The van der Waals surface area contributed by atoms with E-state index < -0.39 is 11.9 Å². The van der Waals surface area contributed by atoms with Crippen molar-refractivity contribution >= 4 is 16.9 Å². The van der Waals surface area contributed by atoms with Gasteiger partial charge in [-0.25, -0.2) is 9.18 Å². The minimum atomic E-state index is -0.653. The molecule has 0 aliphatic carbocycles. The number of carbonyl (C=O) groups is 1. The van der Waals surface area contributed by atoms with E-state index in [9.17, 15) is 14.4 Å². The molecule has 44 heavy (non-hydrogen) atoms. The van der Waals surface area contributed by atoms with Crippen molar-refractivity contribution in [3.63, 3.8) is 0 Å². The number of esters is 1. The lowest BCUT2D eigenvalue weighted by Crippen LogP contribution is -2.21. The van der Waals surface area contributed by atoms with E-state index in [1.807, 2.05) is 25.1 Å². The highest BCUT2D eigenvalue weighted by atomic mass is 19.1. The van der Waals surface area contributed by atoms with Crippen molar-refractivity contribution in [1.82, 2.24) is 0 Å². The summed E-state index contributed by atoms with van der Waals surface area (Å²) in [6.07, 6.45) is 0. The summed E-state index contributed by atoms with van der Waals surface area (Å²) in [6.45, 7) is 4.00. The number of allylic oxidation sites excluding steroid dienone is 1. The van der Waals surface area contributed by atoms with Crippen LogP contribution in [0.15, 0.2) is 101 Å². The van der Waals surface area contributed by atoms with Gasteiger partial charge in [-0.05, 0) is 49.7 Å². The Morgan fingerprint density at radius 3 is 2.57 bits per heavy atom. The Morgan fingerprint density at radius 1 is 1.00 bits per heavy atom. The van der Waals surface area contributed by atoms with Crippen LogP contribution in [0.3, 0.4) is 0 Å². The van der Waals surface area contributed by atoms with Gasteiger partial charge in [0.05, 0.1) is 12.5 Å². The Bertz CT molecular complexity index is 1970. The van der Waals surface area contributed by atoms with Gasteiger partial charge in [0, 0.05) is 28.1 Å². The second-order valence-corrected chi connectivity index (χ2v) is 10.1.